The number of likely N-dealkylation sites (tertiary alicyclic amines) is 1. The molecule has 2 fully saturated rings. The Bertz CT molecular complexity index is 1000. The number of hydrogen-bond donors (Lipinski definition) is 0. The van der Waals surface area contributed by atoms with E-state index in [0.29, 0.717) is 24.6 Å². The van der Waals surface area contributed by atoms with Crippen LogP contribution < -0.4 is 4.74 Å². The molecule has 0 aromatic heterocycles. The summed E-state index contributed by atoms with van der Waals surface area (Å²) in [4.78, 5) is 15.4. The Labute approximate surface area is 191 Å². The lowest BCUT2D eigenvalue weighted by molar-refractivity contribution is -0.138. The van der Waals surface area contributed by atoms with Crippen LogP contribution in [-0.4, -0.2) is 56.8 Å². The second-order valence-corrected chi connectivity index (χ2v) is 10.8. The van der Waals surface area contributed by atoms with Crippen molar-refractivity contribution < 1.29 is 17.9 Å². The van der Waals surface area contributed by atoms with Crippen LogP contribution in [0.5, 0.6) is 5.75 Å². The number of carbonyl (C=O) groups excluding carboxylic acids is 1. The van der Waals surface area contributed by atoms with Crippen molar-refractivity contribution in [1.29, 1.82) is 0 Å². The fraction of sp³-hybridized carbons (Fsp3) is 0.480. The van der Waals surface area contributed by atoms with Crippen molar-refractivity contribution in [3.63, 3.8) is 0 Å². The van der Waals surface area contributed by atoms with Gasteiger partial charge in [-0.15, -0.1) is 0 Å². The highest BCUT2D eigenvalue weighted by Crippen LogP contribution is 2.28. The van der Waals surface area contributed by atoms with Gasteiger partial charge in [0.2, 0.25) is 15.9 Å². The van der Waals surface area contributed by atoms with Crippen LogP contribution in [-0.2, 0) is 21.2 Å². The molecule has 4 rings (SSSR count). The first kappa shape index (κ1) is 22.8. The molecule has 0 bridgehead atoms. The van der Waals surface area contributed by atoms with Crippen molar-refractivity contribution in [2.75, 3.05) is 33.3 Å². The first-order chi connectivity index (χ1) is 15.5. The minimum Gasteiger partial charge on any atom is -0.497 e. The molecule has 32 heavy (non-hydrogen) atoms. The number of rotatable bonds is 6. The van der Waals surface area contributed by atoms with Crippen LogP contribution >= 0.6 is 0 Å². The van der Waals surface area contributed by atoms with E-state index in [1.165, 1.54) is 9.87 Å². The van der Waals surface area contributed by atoms with Crippen molar-refractivity contribution in [3.05, 3.63) is 60.2 Å². The Hall–Kier alpha value is -2.38. The second-order valence-electron chi connectivity index (χ2n) is 8.84. The van der Waals surface area contributed by atoms with Crippen molar-refractivity contribution in [2.45, 2.75) is 37.0 Å². The van der Waals surface area contributed by atoms with Gasteiger partial charge in [0.05, 0.1) is 17.9 Å². The van der Waals surface area contributed by atoms with E-state index >= 15 is 0 Å². The van der Waals surface area contributed by atoms with Crippen LogP contribution in [0.1, 0.15) is 31.2 Å². The Kier molecular flexibility index (Phi) is 7.16. The van der Waals surface area contributed by atoms with Gasteiger partial charge < -0.3 is 9.64 Å². The van der Waals surface area contributed by atoms with Crippen LogP contribution in [0.15, 0.2) is 59.5 Å². The molecule has 0 spiro atoms. The van der Waals surface area contributed by atoms with Crippen molar-refractivity contribution >= 4 is 15.9 Å². The SMILES string of the molecule is COc1ccc(S(=O)(=O)N2CCC[C@H](C(=O)N3CCC(Cc4ccccc4)CC3)C2)cc1. The standard InChI is InChI=1S/C25H32N2O4S/c1-31-23-9-11-24(12-10-23)32(29,30)27-15-5-8-22(19-27)25(28)26-16-13-21(14-17-26)18-20-6-3-2-4-7-20/h2-4,6-7,9-12,21-22H,5,8,13-19H2,1H3/t22-/m0/s1. The van der Waals surface area contributed by atoms with Gasteiger partial charge in [-0.1, -0.05) is 30.3 Å². The molecule has 2 aromatic rings. The minimum atomic E-state index is -3.62. The van der Waals surface area contributed by atoms with E-state index in [1.54, 1.807) is 31.4 Å². The number of sulfonamides is 1. The molecule has 2 aromatic carbocycles. The third-order valence-corrected chi connectivity index (χ3v) is 8.60. The Morgan fingerprint density at radius 2 is 1.66 bits per heavy atom. The van der Waals surface area contributed by atoms with E-state index in [2.05, 4.69) is 24.3 Å². The van der Waals surface area contributed by atoms with Gasteiger partial charge in [0.15, 0.2) is 0 Å². The molecule has 1 atom stereocenters. The van der Waals surface area contributed by atoms with Gasteiger partial charge in [0.25, 0.3) is 0 Å². The molecule has 0 radical (unpaired) electrons. The highest BCUT2D eigenvalue weighted by molar-refractivity contribution is 7.89. The molecule has 172 valence electrons. The van der Waals surface area contributed by atoms with E-state index < -0.39 is 10.0 Å². The van der Waals surface area contributed by atoms with Crippen molar-refractivity contribution in [1.82, 2.24) is 9.21 Å². The molecule has 0 unspecified atom stereocenters. The van der Waals surface area contributed by atoms with Crippen LogP contribution in [0.25, 0.3) is 0 Å². The van der Waals surface area contributed by atoms with E-state index in [-0.39, 0.29) is 23.3 Å². The summed E-state index contributed by atoms with van der Waals surface area (Å²) in [7, 11) is -2.07. The maximum Gasteiger partial charge on any atom is 0.243 e. The number of amides is 1. The van der Waals surface area contributed by atoms with E-state index in [0.717, 1.165) is 38.8 Å². The molecule has 1 amide bonds. The average Bonchev–Trinajstić information content (AvgIpc) is 2.85. The number of nitrogens with zero attached hydrogens (tertiary/aromatic N) is 2. The minimum absolute atomic E-state index is 0.109. The quantitative estimate of drug-likeness (QED) is 0.666. The molecule has 0 aliphatic carbocycles. The summed E-state index contributed by atoms with van der Waals surface area (Å²) in [6, 6.07) is 16.9. The summed E-state index contributed by atoms with van der Waals surface area (Å²) in [5.41, 5.74) is 1.35. The van der Waals surface area contributed by atoms with Gasteiger partial charge in [-0.3, -0.25) is 4.79 Å². The van der Waals surface area contributed by atoms with Crippen molar-refractivity contribution in [2.24, 2.45) is 11.8 Å². The largest absolute Gasteiger partial charge is 0.497 e. The lowest BCUT2D eigenvalue weighted by Gasteiger charge is -2.37. The number of methoxy groups -OCH3 is 1. The lowest BCUT2D eigenvalue weighted by Crippen LogP contribution is -2.48. The molecule has 0 saturated carbocycles. The van der Waals surface area contributed by atoms with Gasteiger partial charge in [-0.2, -0.15) is 4.31 Å². The number of benzene rings is 2. The van der Waals surface area contributed by atoms with Crippen LogP contribution in [0.4, 0.5) is 0 Å². The number of hydrogen-bond acceptors (Lipinski definition) is 4. The van der Waals surface area contributed by atoms with E-state index in [9.17, 15) is 13.2 Å². The molecule has 2 aliphatic rings. The smallest absolute Gasteiger partial charge is 0.243 e. The normalized spacial score (nSPS) is 20.8. The van der Waals surface area contributed by atoms with Crippen molar-refractivity contribution in [3.8, 4) is 5.75 Å². The molecular formula is C25H32N2O4S. The van der Waals surface area contributed by atoms with Gasteiger partial charge in [-0.25, -0.2) is 8.42 Å². The summed E-state index contributed by atoms with van der Waals surface area (Å²) >= 11 is 0. The zero-order valence-electron chi connectivity index (χ0n) is 18.7. The molecule has 7 heteroatoms. The van der Waals surface area contributed by atoms with Crippen LogP contribution in [0.3, 0.4) is 0 Å². The number of ether oxygens (including phenoxy) is 1. The predicted octanol–water partition coefficient (Wildman–Crippen LogP) is 3.58. The summed E-state index contributed by atoms with van der Waals surface area (Å²) in [5.74, 6) is 1.06. The zero-order valence-corrected chi connectivity index (χ0v) is 19.5. The number of piperidine rings is 2. The third kappa shape index (κ3) is 5.15. The summed E-state index contributed by atoms with van der Waals surface area (Å²) in [5, 5.41) is 0. The fourth-order valence-electron chi connectivity index (χ4n) is 4.82. The van der Waals surface area contributed by atoms with E-state index in [4.69, 9.17) is 4.74 Å². The van der Waals surface area contributed by atoms with Gasteiger partial charge in [0.1, 0.15) is 5.75 Å². The second kappa shape index (κ2) is 10.0. The summed E-state index contributed by atoms with van der Waals surface area (Å²) in [6.45, 7) is 2.24. The first-order valence-corrected chi connectivity index (χ1v) is 12.9. The molecule has 6 nitrogen and oxygen atoms in total. The first-order valence-electron chi connectivity index (χ1n) is 11.4. The predicted molar refractivity (Wildman–Crippen MR) is 124 cm³/mol. The maximum absolute atomic E-state index is 13.2. The van der Waals surface area contributed by atoms with Crippen LogP contribution in [0, 0.1) is 11.8 Å². The average molecular weight is 457 g/mol. The van der Waals surface area contributed by atoms with E-state index in [1.807, 2.05) is 11.0 Å². The van der Waals surface area contributed by atoms with Crippen LogP contribution in [0.2, 0.25) is 0 Å². The summed E-state index contributed by atoms with van der Waals surface area (Å²) < 4.78 is 32.8. The van der Waals surface area contributed by atoms with Gasteiger partial charge >= 0.3 is 0 Å². The van der Waals surface area contributed by atoms with Gasteiger partial charge in [0, 0.05) is 26.2 Å². The highest BCUT2D eigenvalue weighted by atomic mass is 32.2. The highest BCUT2D eigenvalue weighted by Gasteiger charge is 2.36. The monoisotopic (exact) mass is 456 g/mol. The third-order valence-electron chi connectivity index (χ3n) is 6.72. The molecule has 2 saturated heterocycles. The Morgan fingerprint density at radius 3 is 2.31 bits per heavy atom. The molecule has 0 N–H and O–H groups in total. The molecule has 2 heterocycles. The Morgan fingerprint density at radius 1 is 0.969 bits per heavy atom. The fourth-order valence-corrected chi connectivity index (χ4v) is 6.35. The van der Waals surface area contributed by atoms with Gasteiger partial charge in [-0.05, 0) is 67.9 Å². The maximum atomic E-state index is 13.2. The Balaban J connectivity index is 1.34. The number of carbonyl (C=O) groups is 1. The zero-order chi connectivity index (χ0) is 22.6. The lowest BCUT2D eigenvalue weighted by atomic mass is 9.89. The molecule has 2 aliphatic heterocycles. The molecular weight excluding hydrogens is 424 g/mol. The summed E-state index contributed by atoms with van der Waals surface area (Å²) in [6.07, 6.45) is 4.51. The topological polar surface area (TPSA) is 66.9 Å².